The number of amides is 1. The fraction of sp³-hybridized carbons (Fsp3) is 0.500. The maximum atomic E-state index is 11.5. The zero-order chi connectivity index (χ0) is 13.2. The first-order valence-corrected chi connectivity index (χ1v) is 6.28. The smallest absolute Gasteiger partial charge is 0.411 e. The van der Waals surface area contributed by atoms with Crippen molar-refractivity contribution in [2.45, 2.75) is 26.2 Å². The van der Waals surface area contributed by atoms with Gasteiger partial charge in [-0.25, -0.2) is 4.79 Å². The summed E-state index contributed by atoms with van der Waals surface area (Å²) in [6.07, 6.45) is 2.39. The molecule has 0 fully saturated rings. The molecule has 0 bridgehead atoms. The van der Waals surface area contributed by atoms with Crippen LogP contribution in [0.15, 0.2) is 24.3 Å². The molecule has 4 nitrogen and oxygen atoms in total. The monoisotopic (exact) mass is 251 g/mol. The van der Waals surface area contributed by atoms with Crippen LogP contribution in [0.25, 0.3) is 0 Å². The van der Waals surface area contributed by atoms with Gasteiger partial charge in [0.15, 0.2) is 0 Å². The zero-order valence-corrected chi connectivity index (χ0v) is 11.1. The van der Waals surface area contributed by atoms with Gasteiger partial charge in [-0.15, -0.1) is 0 Å². The topological polar surface area (TPSA) is 47.6 Å². The van der Waals surface area contributed by atoms with E-state index >= 15 is 0 Å². The summed E-state index contributed by atoms with van der Waals surface area (Å²) >= 11 is 0. The molecular formula is C14H21NO3. The SMILES string of the molecule is CCCc1cccc(NC(=O)OCCCOC)c1. The lowest BCUT2D eigenvalue weighted by Crippen LogP contribution is -2.15. The van der Waals surface area contributed by atoms with Gasteiger partial charge < -0.3 is 9.47 Å². The molecule has 0 spiro atoms. The molecule has 18 heavy (non-hydrogen) atoms. The number of carbonyl (C=O) groups excluding carboxylic acids is 1. The number of nitrogens with one attached hydrogen (secondary N) is 1. The fourth-order valence-corrected chi connectivity index (χ4v) is 1.62. The zero-order valence-electron chi connectivity index (χ0n) is 11.1. The highest BCUT2D eigenvalue weighted by atomic mass is 16.5. The second-order valence-corrected chi connectivity index (χ2v) is 4.06. The lowest BCUT2D eigenvalue weighted by molar-refractivity contribution is 0.134. The van der Waals surface area contributed by atoms with Crippen LogP contribution in [0.4, 0.5) is 10.5 Å². The second kappa shape index (κ2) is 8.53. The van der Waals surface area contributed by atoms with Crippen molar-refractivity contribution >= 4 is 11.8 Å². The summed E-state index contributed by atoms with van der Waals surface area (Å²) in [4.78, 5) is 11.5. The van der Waals surface area contributed by atoms with Crippen molar-refractivity contribution in [2.75, 3.05) is 25.6 Å². The Balaban J connectivity index is 2.36. The predicted molar refractivity (Wildman–Crippen MR) is 71.9 cm³/mol. The summed E-state index contributed by atoms with van der Waals surface area (Å²) in [6, 6.07) is 7.82. The molecular weight excluding hydrogens is 230 g/mol. The molecule has 0 radical (unpaired) electrons. The minimum atomic E-state index is -0.417. The maximum absolute atomic E-state index is 11.5. The van der Waals surface area contributed by atoms with Gasteiger partial charge in [-0.1, -0.05) is 25.5 Å². The van der Waals surface area contributed by atoms with E-state index in [1.54, 1.807) is 7.11 Å². The number of anilines is 1. The molecule has 0 saturated carbocycles. The van der Waals surface area contributed by atoms with Gasteiger partial charge in [0.05, 0.1) is 6.61 Å². The quantitative estimate of drug-likeness (QED) is 0.757. The fourth-order valence-electron chi connectivity index (χ4n) is 1.62. The molecule has 0 aliphatic heterocycles. The van der Waals surface area contributed by atoms with Gasteiger partial charge in [-0.2, -0.15) is 0 Å². The maximum Gasteiger partial charge on any atom is 0.411 e. The standard InChI is InChI=1S/C14H21NO3/c1-3-6-12-7-4-8-13(11-12)15-14(16)18-10-5-9-17-2/h4,7-8,11H,3,5-6,9-10H2,1-2H3,(H,15,16). The highest BCUT2D eigenvalue weighted by Crippen LogP contribution is 2.12. The lowest BCUT2D eigenvalue weighted by Gasteiger charge is -2.08. The number of methoxy groups -OCH3 is 1. The van der Waals surface area contributed by atoms with E-state index in [2.05, 4.69) is 18.3 Å². The van der Waals surface area contributed by atoms with Crippen molar-refractivity contribution in [2.24, 2.45) is 0 Å². The minimum Gasteiger partial charge on any atom is -0.449 e. The van der Waals surface area contributed by atoms with Gasteiger partial charge in [0, 0.05) is 25.8 Å². The summed E-state index contributed by atoms with van der Waals surface area (Å²) < 4.78 is 9.89. The van der Waals surface area contributed by atoms with E-state index in [0.717, 1.165) is 18.5 Å². The number of aryl methyl sites for hydroxylation is 1. The highest BCUT2D eigenvalue weighted by molar-refractivity contribution is 5.84. The van der Waals surface area contributed by atoms with Crippen LogP contribution in [-0.4, -0.2) is 26.4 Å². The van der Waals surface area contributed by atoms with Crippen LogP contribution in [-0.2, 0) is 15.9 Å². The first-order valence-electron chi connectivity index (χ1n) is 6.28. The lowest BCUT2D eigenvalue weighted by atomic mass is 10.1. The Morgan fingerprint density at radius 2 is 2.17 bits per heavy atom. The van der Waals surface area contributed by atoms with Crippen molar-refractivity contribution in [3.63, 3.8) is 0 Å². The molecule has 1 aromatic rings. The number of carbonyl (C=O) groups is 1. The number of hydrogen-bond donors (Lipinski definition) is 1. The largest absolute Gasteiger partial charge is 0.449 e. The van der Waals surface area contributed by atoms with Crippen molar-refractivity contribution in [1.29, 1.82) is 0 Å². The third-order valence-electron chi connectivity index (χ3n) is 2.44. The normalized spacial score (nSPS) is 10.1. The molecule has 0 heterocycles. The molecule has 0 aliphatic rings. The number of ether oxygens (including phenoxy) is 2. The van der Waals surface area contributed by atoms with Gasteiger partial charge in [-0.3, -0.25) is 5.32 Å². The Bertz CT molecular complexity index is 366. The van der Waals surface area contributed by atoms with Gasteiger partial charge in [-0.05, 0) is 24.1 Å². The molecule has 1 amide bonds. The summed E-state index contributed by atoms with van der Waals surface area (Å²) in [6.45, 7) is 3.09. The predicted octanol–water partition coefficient (Wildman–Crippen LogP) is 3.22. The summed E-state index contributed by atoms with van der Waals surface area (Å²) in [5, 5.41) is 2.72. The molecule has 4 heteroatoms. The Kier molecular flexibility index (Phi) is 6.87. The first-order chi connectivity index (χ1) is 8.76. The van der Waals surface area contributed by atoms with Gasteiger partial charge >= 0.3 is 6.09 Å². The van der Waals surface area contributed by atoms with Crippen LogP contribution in [0.3, 0.4) is 0 Å². The van der Waals surface area contributed by atoms with E-state index in [1.165, 1.54) is 5.56 Å². The highest BCUT2D eigenvalue weighted by Gasteiger charge is 2.03. The van der Waals surface area contributed by atoms with Crippen LogP contribution in [0, 0.1) is 0 Å². The minimum absolute atomic E-state index is 0.369. The molecule has 0 aromatic heterocycles. The van der Waals surface area contributed by atoms with Crippen LogP contribution < -0.4 is 5.32 Å². The van der Waals surface area contributed by atoms with E-state index in [9.17, 15) is 4.79 Å². The van der Waals surface area contributed by atoms with Crippen LogP contribution >= 0.6 is 0 Å². The van der Waals surface area contributed by atoms with E-state index in [0.29, 0.717) is 19.6 Å². The van der Waals surface area contributed by atoms with Crippen LogP contribution in [0.5, 0.6) is 0 Å². The molecule has 100 valence electrons. The van der Waals surface area contributed by atoms with Crippen LogP contribution in [0.1, 0.15) is 25.3 Å². The molecule has 0 aliphatic carbocycles. The molecule has 0 saturated heterocycles. The third kappa shape index (κ3) is 5.68. The Hall–Kier alpha value is -1.55. The summed E-state index contributed by atoms with van der Waals surface area (Å²) in [5.74, 6) is 0. The number of benzene rings is 1. The molecule has 0 unspecified atom stereocenters. The molecule has 1 aromatic carbocycles. The Morgan fingerprint density at radius 1 is 1.33 bits per heavy atom. The van der Waals surface area contributed by atoms with Crippen molar-refractivity contribution in [1.82, 2.24) is 0 Å². The first kappa shape index (κ1) is 14.5. The van der Waals surface area contributed by atoms with Crippen molar-refractivity contribution in [3.8, 4) is 0 Å². The van der Waals surface area contributed by atoms with Crippen molar-refractivity contribution in [3.05, 3.63) is 29.8 Å². The van der Waals surface area contributed by atoms with Crippen LogP contribution in [0.2, 0.25) is 0 Å². The molecule has 1 rings (SSSR count). The van der Waals surface area contributed by atoms with Gasteiger partial charge in [0.2, 0.25) is 0 Å². The third-order valence-corrected chi connectivity index (χ3v) is 2.44. The summed E-state index contributed by atoms with van der Waals surface area (Å²) in [7, 11) is 1.62. The van der Waals surface area contributed by atoms with E-state index in [-0.39, 0.29) is 0 Å². The Labute approximate surface area is 108 Å². The molecule has 1 N–H and O–H groups in total. The van der Waals surface area contributed by atoms with E-state index in [1.807, 2.05) is 18.2 Å². The van der Waals surface area contributed by atoms with E-state index < -0.39 is 6.09 Å². The average molecular weight is 251 g/mol. The number of hydrogen-bond acceptors (Lipinski definition) is 3. The van der Waals surface area contributed by atoms with Gasteiger partial charge in [0.1, 0.15) is 0 Å². The molecule has 0 atom stereocenters. The number of rotatable bonds is 7. The second-order valence-electron chi connectivity index (χ2n) is 4.06. The Morgan fingerprint density at radius 3 is 2.89 bits per heavy atom. The van der Waals surface area contributed by atoms with E-state index in [4.69, 9.17) is 9.47 Å². The van der Waals surface area contributed by atoms with Crippen molar-refractivity contribution < 1.29 is 14.3 Å². The average Bonchev–Trinajstić information content (AvgIpc) is 2.35. The summed E-state index contributed by atoms with van der Waals surface area (Å²) in [5.41, 5.74) is 1.99. The van der Waals surface area contributed by atoms with Gasteiger partial charge in [0.25, 0.3) is 0 Å².